The van der Waals surface area contributed by atoms with Crippen molar-refractivity contribution in [2.24, 2.45) is 57.2 Å². The third-order valence-corrected chi connectivity index (χ3v) is 14.4. The van der Waals surface area contributed by atoms with E-state index in [0.717, 1.165) is 38.5 Å². The number of hydrogen-bond donors (Lipinski definition) is 11. The number of primary amides is 1. The van der Waals surface area contributed by atoms with Crippen LogP contribution in [0.1, 0.15) is 137 Å². The van der Waals surface area contributed by atoms with Crippen LogP contribution in [-0.2, 0) is 49.6 Å². The van der Waals surface area contributed by atoms with E-state index in [0.29, 0.717) is 42.6 Å². The van der Waals surface area contributed by atoms with Crippen molar-refractivity contribution in [3.8, 4) is 0 Å². The van der Waals surface area contributed by atoms with Gasteiger partial charge in [-0.05, 0) is 113 Å². The molecule has 0 aromatic heterocycles. The number of guanidine groups is 1. The highest BCUT2D eigenvalue weighted by molar-refractivity contribution is 5.98. The van der Waals surface area contributed by atoms with Gasteiger partial charge in [0.15, 0.2) is 5.96 Å². The van der Waals surface area contributed by atoms with Gasteiger partial charge in [0.05, 0.1) is 4.92 Å². The van der Waals surface area contributed by atoms with Crippen molar-refractivity contribution in [2.45, 2.75) is 180 Å². The summed E-state index contributed by atoms with van der Waals surface area (Å²) in [5.74, 6) is -6.68. The molecule has 7 atom stereocenters. The van der Waals surface area contributed by atoms with Crippen LogP contribution < -0.4 is 54.4 Å². The Labute approximate surface area is 438 Å². The summed E-state index contributed by atoms with van der Waals surface area (Å²) in [7, 11) is 0. The summed E-state index contributed by atoms with van der Waals surface area (Å²) >= 11 is 0. The van der Waals surface area contributed by atoms with E-state index >= 15 is 0 Å². The first-order valence-corrected chi connectivity index (χ1v) is 26.2. The molecule has 0 unspecified atom stereocenters. The summed E-state index contributed by atoms with van der Waals surface area (Å²) in [6, 6.07) is -3.90. The smallest absolute Gasteiger partial charge is 0.303 e. The molecule has 0 spiro atoms. The average Bonchev–Trinajstić information content (AvgIpc) is 3.32. The summed E-state index contributed by atoms with van der Waals surface area (Å²) in [6.07, 6.45) is 6.32. The number of carbonyl (C=O) groups excluding carboxylic acids is 8. The first kappa shape index (κ1) is 60.7. The maximum atomic E-state index is 14.4. The van der Waals surface area contributed by atoms with E-state index in [1.807, 2.05) is 6.92 Å². The van der Waals surface area contributed by atoms with E-state index < -0.39 is 119 Å². The molecule has 4 saturated carbocycles. The fourth-order valence-electron chi connectivity index (χ4n) is 10.9. The second-order valence-electron chi connectivity index (χ2n) is 21.6. The Morgan fingerprint density at radius 2 is 1.17 bits per heavy atom. The van der Waals surface area contributed by atoms with Gasteiger partial charge in [0.2, 0.25) is 47.3 Å². The molecule has 1 aromatic carbocycles. The highest BCUT2D eigenvalue weighted by Gasteiger charge is 2.55. The summed E-state index contributed by atoms with van der Waals surface area (Å²) in [5.41, 5.74) is 16.1. The number of hydrogen-bond acceptors (Lipinski definition) is 12. The molecule has 24 heteroatoms. The number of carbonyl (C=O) groups is 9. The number of nitro benzene ring substituents is 1. The number of nitrogens with two attached hydrogens (primary N) is 3. The molecule has 0 heterocycles. The lowest BCUT2D eigenvalue weighted by atomic mass is 9.49. The monoisotopic (exact) mass is 1050 g/mol. The molecular weight excluding hydrogens is 973 g/mol. The zero-order valence-electron chi connectivity index (χ0n) is 44.1. The molecule has 0 radical (unpaired) electrons. The standard InChI is InChI=1S/C51H80N12O12/c1-7-8-10-35(42(52)66)57-43(67)29(6)56-44(68)37(16-17-40(64)65)58-47(71)39(23-30-12-14-34(15-13-30)63(74)75)59-46(70)38(19-27(2)3)60-48(72)41(28(4)5)62-45(69)36(11-9-18-55-50(53)54)61-49(73)51-24-31-20-32(25-51)22-33(21-31)26-51/h12-15,27-29,31-33,35-39,41H,7-11,16-26H2,1-6H3,(H2,52,66)(H,56,68)(H,57,67)(H,58,71)(H,59,70)(H,60,72)(H,61,73)(H,62,69)(H,64,65)(H4,53,54,55)/t29-,31?,32?,33?,35-,36-,37-,38-,39-,41-,51?/m0/s1. The van der Waals surface area contributed by atoms with Crippen LogP contribution in [0.2, 0.25) is 0 Å². The fraction of sp³-hybridized carbons (Fsp3) is 0.686. The maximum absolute atomic E-state index is 14.4. The predicted octanol–water partition coefficient (Wildman–Crippen LogP) is 1.06. The van der Waals surface area contributed by atoms with E-state index in [9.17, 15) is 58.4 Å². The van der Waals surface area contributed by atoms with Crippen molar-refractivity contribution in [1.29, 1.82) is 0 Å². The van der Waals surface area contributed by atoms with E-state index in [4.69, 9.17) is 17.2 Å². The first-order valence-electron chi connectivity index (χ1n) is 26.2. The molecule has 4 bridgehead atoms. The number of nitro groups is 1. The van der Waals surface area contributed by atoms with Crippen molar-refractivity contribution in [3.05, 3.63) is 39.9 Å². The van der Waals surface area contributed by atoms with Crippen LogP contribution in [0.25, 0.3) is 0 Å². The van der Waals surface area contributed by atoms with Crippen molar-refractivity contribution in [3.63, 3.8) is 0 Å². The second-order valence-corrected chi connectivity index (χ2v) is 21.6. The number of nitrogens with zero attached hydrogens (tertiary/aromatic N) is 2. The molecule has 0 aliphatic heterocycles. The minimum Gasteiger partial charge on any atom is -0.481 e. The van der Waals surface area contributed by atoms with Gasteiger partial charge in [-0.15, -0.1) is 0 Å². The molecule has 24 nitrogen and oxygen atoms in total. The lowest BCUT2D eigenvalue weighted by Crippen LogP contribution is -2.61. The number of carboxylic acids is 1. The third-order valence-electron chi connectivity index (χ3n) is 14.4. The molecule has 4 fully saturated rings. The lowest BCUT2D eigenvalue weighted by Gasteiger charge is -2.55. The quantitative estimate of drug-likeness (QED) is 0.0163. The lowest BCUT2D eigenvalue weighted by molar-refractivity contribution is -0.384. The van der Waals surface area contributed by atoms with E-state index in [1.54, 1.807) is 27.7 Å². The average molecular weight is 1050 g/mol. The van der Waals surface area contributed by atoms with E-state index in [1.165, 1.54) is 31.2 Å². The van der Waals surface area contributed by atoms with Crippen molar-refractivity contribution >= 4 is 64.9 Å². The number of benzene rings is 1. The van der Waals surface area contributed by atoms with Gasteiger partial charge in [0.1, 0.15) is 42.3 Å². The Morgan fingerprint density at radius 3 is 1.69 bits per heavy atom. The van der Waals surface area contributed by atoms with Crippen LogP contribution in [0.15, 0.2) is 29.3 Å². The van der Waals surface area contributed by atoms with Crippen LogP contribution in [0, 0.1) is 45.1 Å². The summed E-state index contributed by atoms with van der Waals surface area (Å²) in [5, 5.41) is 39.7. The zero-order chi connectivity index (χ0) is 55.7. The minimum atomic E-state index is -1.58. The third kappa shape index (κ3) is 18.5. The number of aliphatic imine (C=N–C) groups is 1. The van der Waals surface area contributed by atoms with Gasteiger partial charge in [-0.1, -0.05) is 59.6 Å². The number of carboxylic acid groups (broad SMARTS) is 1. The molecule has 4 aliphatic rings. The number of unbranched alkanes of at least 4 members (excludes halogenated alkanes) is 1. The highest BCUT2D eigenvalue weighted by Crippen LogP contribution is 2.60. The van der Waals surface area contributed by atoms with Gasteiger partial charge in [0.25, 0.3) is 5.69 Å². The van der Waals surface area contributed by atoms with Crippen LogP contribution in [0.5, 0.6) is 0 Å². The van der Waals surface area contributed by atoms with Gasteiger partial charge in [-0.3, -0.25) is 58.3 Å². The Balaban J connectivity index is 1.57. The molecule has 8 amide bonds. The number of rotatable bonds is 31. The number of amides is 8. The molecular formula is C51H80N12O12. The maximum Gasteiger partial charge on any atom is 0.303 e. The highest BCUT2D eigenvalue weighted by atomic mass is 16.6. The fourth-order valence-corrected chi connectivity index (χ4v) is 10.9. The van der Waals surface area contributed by atoms with Crippen LogP contribution >= 0.6 is 0 Å². The Bertz CT molecular complexity index is 2220. The topological polar surface area (TPSA) is 392 Å². The number of nitrogens with one attached hydrogen (secondary N) is 7. The van der Waals surface area contributed by atoms with E-state index in [-0.39, 0.29) is 55.7 Å². The van der Waals surface area contributed by atoms with Crippen LogP contribution in [-0.4, -0.2) is 118 Å². The molecule has 4 aliphatic carbocycles. The van der Waals surface area contributed by atoms with Crippen molar-refractivity contribution < 1.29 is 53.2 Å². The molecule has 0 saturated heterocycles. The SMILES string of the molecule is CCCC[C@H](NC(=O)[C@H](C)NC(=O)[C@H](CCC(=O)O)NC(=O)[C@H](Cc1ccc([N+](=O)[O-])cc1)NC(=O)[C@H](CC(C)C)NC(=O)[C@@H](NC(=O)[C@H](CCCN=C(N)N)NC(=O)C12CC3CC(CC(C3)C1)C2)C(C)C)C(N)=O. The van der Waals surface area contributed by atoms with Crippen LogP contribution in [0.3, 0.4) is 0 Å². The number of non-ortho nitro benzene ring substituents is 1. The Kier molecular flexibility index (Phi) is 22.8. The minimum absolute atomic E-state index is 0.0371. The predicted molar refractivity (Wildman–Crippen MR) is 276 cm³/mol. The molecule has 75 heavy (non-hydrogen) atoms. The Morgan fingerprint density at radius 1 is 0.667 bits per heavy atom. The van der Waals surface area contributed by atoms with Gasteiger partial charge in [0, 0.05) is 36.9 Å². The van der Waals surface area contributed by atoms with Gasteiger partial charge < -0.3 is 59.5 Å². The van der Waals surface area contributed by atoms with Gasteiger partial charge in [-0.25, -0.2) is 0 Å². The molecule has 1 aromatic rings. The van der Waals surface area contributed by atoms with E-state index in [2.05, 4.69) is 42.2 Å². The molecule has 14 N–H and O–H groups in total. The molecule has 416 valence electrons. The normalized spacial score (nSPS) is 21.2. The van der Waals surface area contributed by atoms with Gasteiger partial charge >= 0.3 is 5.97 Å². The van der Waals surface area contributed by atoms with Gasteiger partial charge in [-0.2, -0.15) is 0 Å². The second kappa shape index (κ2) is 28.1. The largest absolute Gasteiger partial charge is 0.481 e. The molecule has 5 rings (SSSR count). The summed E-state index contributed by atoms with van der Waals surface area (Å²) < 4.78 is 0. The Hall–Kier alpha value is -6.88. The van der Waals surface area contributed by atoms with Crippen molar-refractivity contribution in [1.82, 2.24) is 37.2 Å². The van der Waals surface area contributed by atoms with Crippen molar-refractivity contribution in [2.75, 3.05) is 6.54 Å². The van der Waals surface area contributed by atoms with Crippen LogP contribution in [0.4, 0.5) is 5.69 Å². The summed E-state index contributed by atoms with van der Waals surface area (Å²) in [4.78, 5) is 137. The zero-order valence-corrected chi connectivity index (χ0v) is 44.1. The number of aliphatic carboxylic acids is 1. The summed E-state index contributed by atoms with van der Waals surface area (Å²) in [6.45, 7) is 10.4. The first-order chi connectivity index (χ1) is 35.3.